The van der Waals surface area contributed by atoms with E-state index >= 15 is 0 Å². The molecule has 0 spiro atoms. The van der Waals surface area contributed by atoms with Crippen molar-refractivity contribution >= 4 is 0 Å². The standard InChI is InChI=1S/C8H10O2/c1-2-6-3-4-7(9)8(10)5-6/h3-5,9-10H,2H2,1H3/i1D3,2D2. The summed E-state index contributed by atoms with van der Waals surface area (Å²) in [5, 5.41) is 18.1. The summed E-state index contributed by atoms with van der Waals surface area (Å²) in [6.07, 6.45) is -2.56. The fourth-order valence-electron chi connectivity index (χ4n) is 0.601. The third-order valence-electron chi connectivity index (χ3n) is 1.12. The normalized spacial score (nSPS) is 19.8. The van der Waals surface area contributed by atoms with Crippen LogP contribution in [0.4, 0.5) is 0 Å². The molecule has 0 radical (unpaired) electrons. The van der Waals surface area contributed by atoms with Crippen LogP contribution >= 0.6 is 0 Å². The molecular formula is C8H10O2. The van der Waals surface area contributed by atoms with E-state index in [2.05, 4.69) is 0 Å². The van der Waals surface area contributed by atoms with Crippen molar-refractivity contribution in [2.24, 2.45) is 0 Å². The Kier molecular flexibility index (Phi) is 0.735. The first-order valence-corrected chi connectivity index (χ1v) is 2.69. The highest BCUT2D eigenvalue weighted by Crippen LogP contribution is 2.24. The molecule has 0 fully saturated rings. The molecule has 1 rings (SSSR count). The summed E-state index contributed by atoms with van der Waals surface area (Å²) in [5.41, 5.74) is -0.196. The molecule has 0 unspecified atom stereocenters. The Bertz CT molecular complexity index is 372. The predicted molar refractivity (Wildman–Crippen MR) is 39.1 cm³/mol. The zero-order valence-corrected chi connectivity index (χ0v) is 5.13. The number of benzene rings is 1. The van der Waals surface area contributed by atoms with Crippen molar-refractivity contribution in [1.29, 1.82) is 0 Å². The largest absolute Gasteiger partial charge is 0.504 e. The molecule has 10 heavy (non-hydrogen) atoms. The van der Waals surface area contributed by atoms with Gasteiger partial charge in [0.2, 0.25) is 0 Å². The summed E-state index contributed by atoms with van der Waals surface area (Å²) >= 11 is 0. The van der Waals surface area contributed by atoms with Crippen molar-refractivity contribution in [1.82, 2.24) is 0 Å². The third-order valence-corrected chi connectivity index (χ3v) is 1.12. The Labute approximate surface area is 66.8 Å². The van der Waals surface area contributed by atoms with Gasteiger partial charge in [0.15, 0.2) is 11.5 Å². The van der Waals surface area contributed by atoms with E-state index in [0.29, 0.717) is 0 Å². The van der Waals surface area contributed by atoms with Crippen LogP contribution in [-0.4, -0.2) is 10.2 Å². The van der Waals surface area contributed by atoms with Gasteiger partial charge >= 0.3 is 0 Å². The van der Waals surface area contributed by atoms with Crippen LogP contribution < -0.4 is 0 Å². The number of hydrogen-bond acceptors (Lipinski definition) is 2. The van der Waals surface area contributed by atoms with Crippen molar-refractivity contribution in [3.8, 4) is 11.5 Å². The van der Waals surface area contributed by atoms with Gasteiger partial charge in [-0.3, -0.25) is 0 Å². The summed E-state index contributed by atoms with van der Waals surface area (Å²) in [4.78, 5) is 0. The number of aromatic hydroxyl groups is 2. The fraction of sp³-hybridized carbons (Fsp3) is 0.250. The van der Waals surface area contributed by atoms with E-state index in [-0.39, 0.29) is 5.56 Å². The van der Waals surface area contributed by atoms with Gasteiger partial charge in [0.25, 0.3) is 0 Å². The quantitative estimate of drug-likeness (QED) is 0.587. The predicted octanol–water partition coefficient (Wildman–Crippen LogP) is 1.66. The van der Waals surface area contributed by atoms with Gasteiger partial charge in [0.05, 0.1) is 0 Å². The van der Waals surface area contributed by atoms with Gasteiger partial charge in [-0.05, 0) is 24.1 Å². The topological polar surface area (TPSA) is 40.5 Å². The Balaban J connectivity index is 3.22. The minimum atomic E-state index is -2.82. The molecule has 2 heteroatoms. The second kappa shape index (κ2) is 2.60. The molecule has 0 amide bonds. The molecule has 54 valence electrons. The van der Waals surface area contributed by atoms with E-state index in [1.54, 1.807) is 0 Å². The lowest BCUT2D eigenvalue weighted by molar-refractivity contribution is 0.403. The fourth-order valence-corrected chi connectivity index (χ4v) is 0.601. The van der Waals surface area contributed by atoms with Crippen LogP contribution in [0.3, 0.4) is 0 Å². The number of rotatable bonds is 1. The van der Waals surface area contributed by atoms with Gasteiger partial charge in [-0.15, -0.1) is 0 Å². The molecule has 0 aromatic heterocycles. The summed E-state index contributed by atoms with van der Waals surface area (Å²) in [6.45, 7) is -2.82. The zero-order valence-electron chi connectivity index (χ0n) is 10.1. The second-order valence-electron chi connectivity index (χ2n) is 1.83. The van der Waals surface area contributed by atoms with Crippen LogP contribution in [0.15, 0.2) is 18.2 Å². The molecule has 2 nitrogen and oxygen atoms in total. The van der Waals surface area contributed by atoms with Crippen LogP contribution in [0.5, 0.6) is 11.5 Å². The summed E-state index contributed by atoms with van der Waals surface area (Å²) < 4.78 is 35.8. The lowest BCUT2D eigenvalue weighted by Crippen LogP contribution is -1.77. The van der Waals surface area contributed by atoms with E-state index < -0.39 is 24.7 Å². The van der Waals surface area contributed by atoms with Crippen LogP contribution in [-0.2, 0) is 6.37 Å². The van der Waals surface area contributed by atoms with Gasteiger partial charge in [-0.25, -0.2) is 0 Å². The lowest BCUT2D eigenvalue weighted by Gasteiger charge is -1.98. The average Bonchev–Trinajstić information content (AvgIpc) is 2.07. The van der Waals surface area contributed by atoms with E-state index in [9.17, 15) is 0 Å². The second-order valence-corrected chi connectivity index (χ2v) is 1.83. The molecule has 2 N–H and O–H groups in total. The SMILES string of the molecule is [2H]C([2H])([2H])C([2H])([2H])c1ccc(O)c(O)c1. The molecule has 0 saturated carbocycles. The Morgan fingerprint density at radius 1 is 1.50 bits per heavy atom. The molecule has 0 aliphatic carbocycles. The summed E-state index contributed by atoms with van der Waals surface area (Å²) in [6, 6.07) is 3.08. The minimum Gasteiger partial charge on any atom is -0.504 e. The highest BCUT2D eigenvalue weighted by atomic mass is 16.3. The van der Waals surface area contributed by atoms with Crippen LogP contribution in [0.1, 0.15) is 19.3 Å². The van der Waals surface area contributed by atoms with Crippen molar-refractivity contribution < 1.29 is 17.1 Å². The smallest absolute Gasteiger partial charge is 0.157 e. The highest BCUT2D eigenvalue weighted by Gasteiger charge is 1.97. The van der Waals surface area contributed by atoms with Gasteiger partial charge in [-0.2, -0.15) is 0 Å². The molecule has 0 bridgehead atoms. The van der Waals surface area contributed by atoms with E-state index in [1.807, 2.05) is 0 Å². The first-order valence-electron chi connectivity index (χ1n) is 5.19. The number of aryl methyl sites for hydroxylation is 1. The Morgan fingerprint density at radius 3 is 2.90 bits per heavy atom. The number of phenolic OH excluding ortho intramolecular Hbond substituents is 2. The van der Waals surface area contributed by atoms with Crippen molar-refractivity contribution in [2.45, 2.75) is 13.2 Å². The molecule has 1 aromatic carbocycles. The van der Waals surface area contributed by atoms with Gasteiger partial charge < -0.3 is 10.2 Å². The molecule has 1 aromatic rings. The Hall–Kier alpha value is -1.18. The van der Waals surface area contributed by atoms with Crippen LogP contribution in [0.2, 0.25) is 0 Å². The van der Waals surface area contributed by atoms with E-state index in [1.165, 1.54) is 0 Å². The van der Waals surface area contributed by atoms with Crippen molar-refractivity contribution in [2.75, 3.05) is 0 Å². The van der Waals surface area contributed by atoms with E-state index in [0.717, 1.165) is 18.2 Å². The number of phenols is 2. The van der Waals surface area contributed by atoms with Crippen LogP contribution in [0.25, 0.3) is 0 Å². The molecule has 0 aliphatic rings. The molecular weight excluding hydrogens is 128 g/mol. The Morgan fingerprint density at radius 2 is 2.30 bits per heavy atom. The third kappa shape index (κ3) is 1.21. The number of hydrogen-bond donors (Lipinski definition) is 2. The van der Waals surface area contributed by atoms with E-state index in [4.69, 9.17) is 17.1 Å². The molecule has 0 aliphatic heterocycles. The molecule has 0 atom stereocenters. The zero-order chi connectivity index (χ0) is 11.9. The lowest BCUT2D eigenvalue weighted by atomic mass is 10.1. The highest BCUT2D eigenvalue weighted by molar-refractivity contribution is 5.40. The van der Waals surface area contributed by atoms with Crippen LogP contribution in [0, 0.1) is 0 Å². The first kappa shape index (κ1) is 2.82. The van der Waals surface area contributed by atoms with Gasteiger partial charge in [-0.1, -0.05) is 12.9 Å². The van der Waals surface area contributed by atoms with Gasteiger partial charge in [0, 0.05) is 6.85 Å². The molecule has 0 heterocycles. The maximum absolute atomic E-state index is 9.13. The summed E-state index contributed by atoms with van der Waals surface area (Å²) in [7, 11) is 0. The van der Waals surface area contributed by atoms with Gasteiger partial charge in [0.1, 0.15) is 0 Å². The van der Waals surface area contributed by atoms with Crippen molar-refractivity contribution in [3.63, 3.8) is 0 Å². The monoisotopic (exact) mass is 143 g/mol. The summed E-state index contributed by atoms with van der Waals surface area (Å²) in [5.74, 6) is -0.958. The first-order chi connectivity index (χ1) is 6.66. The average molecular weight is 143 g/mol. The maximum atomic E-state index is 9.13. The maximum Gasteiger partial charge on any atom is 0.157 e. The molecule has 0 saturated heterocycles. The van der Waals surface area contributed by atoms with Crippen molar-refractivity contribution in [3.05, 3.63) is 23.8 Å². The minimum absolute atomic E-state index is 0.196.